The van der Waals surface area contributed by atoms with Crippen LogP contribution in [-0.4, -0.2) is 46.8 Å². The van der Waals surface area contributed by atoms with Crippen LogP contribution in [0.3, 0.4) is 0 Å². The van der Waals surface area contributed by atoms with Gasteiger partial charge < -0.3 is 9.64 Å². The van der Waals surface area contributed by atoms with E-state index in [9.17, 15) is 8.42 Å². The highest BCUT2D eigenvalue weighted by atomic mass is 79.9. The Hall–Kier alpha value is -0.630. The van der Waals surface area contributed by atoms with E-state index in [-0.39, 0.29) is 0 Å². The monoisotopic (exact) mass is 364 g/mol. The Morgan fingerprint density at radius 3 is 2.70 bits per heavy atom. The number of halogens is 1. The number of hydrogen-bond donors (Lipinski definition) is 1. The highest BCUT2D eigenvalue weighted by Crippen LogP contribution is 2.23. The van der Waals surface area contributed by atoms with E-state index in [2.05, 4.69) is 25.6 Å². The van der Waals surface area contributed by atoms with Crippen LogP contribution in [0.25, 0.3) is 0 Å². The van der Waals surface area contributed by atoms with Gasteiger partial charge in [0.05, 0.1) is 13.4 Å². The lowest BCUT2D eigenvalue weighted by Crippen LogP contribution is -2.27. The molecule has 1 rings (SSSR count). The average Bonchev–Trinajstić information content (AvgIpc) is 2.34. The Bertz CT molecular complexity index is 534. The van der Waals surface area contributed by atoms with Crippen LogP contribution in [0.4, 0.5) is 0 Å². The molecule has 1 aromatic rings. The molecule has 1 aromatic carbocycles. The maximum atomic E-state index is 10.9. The van der Waals surface area contributed by atoms with Gasteiger partial charge in [0.2, 0.25) is 10.0 Å². The summed E-state index contributed by atoms with van der Waals surface area (Å²) in [5, 5.41) is 0. The average molecular weight is 365 g/mol. The third-order valence-electron chi connectivity index (χ3n) is 2.76. The first-order valence-corrected chi connectivity index (χ1v) is 8.96. The Morgan fingerprint density at radius 1 is 1.40 bits per heavy atom. The molecule has 0 aromatic heterocycles. The van der Waals surface area contributed by atoms with E-state index in [4.69, 9.17) is 4.74 Å². The molecule has 0 spiro atoms. The molecule has 0 unspecified atom stereocenters. The highest BCUT2D eigenvalue weighted by Gasteiger charge is 2.07. The Kier molecular flexibility index (Phi) is 6.94. The van der Waals surface area contributed by atoms with Gasteiger partial charge in [-0.3, -0.25) is 0 Å². The molecule has 0 aliphatic heterocycles. The number of nitrogens with one attached hydrogen (secondary N) is 1. The zero-order chi connectivity index (χ0) is 15.2. The Balaban J connectivity index is 2.46. The maximum absolute atomic E-state index is 10.9. The third-order valence-corrected chi connectivity index (χ3v) is 3.99. The van der Waals surface area contributed by atoms with Crippen molar-refractivity contribution in [2.45, 2.75) is 13.0 Å². The van der Waals surface area contributed by atoms with Gasteiger partial charge in [0.1, 0.15) is 5.75 Å². The molecule has 0 heterocycles. The Morgan fingerprint density at radius 2 is 2.10 bits per heavy atom. The van der Waals surface area contributed by atoms with Crippen molar-refractivity contribution in [3.8, 4) is 5.75 Å². The highest BCUT2D eigenvalue weighted by molar-refractivity contribution is 9.10. The van der Waals surface area contributed by atoms with Crippen molar-refractivity contribution >= 4 is 26.0 Å². The normalized spacial score (nSPS) is 11.8. The van der Waals surface area contributed by atoms with Gasteiger partial charge in [-0.2, -0.15) is 0 Å². The smallest absolute Gasteiger partial charge is 0.208 e. The summed E-state index contributed by atoms with van der Waals surface area (Å²) in [5.74, 6) is 0.856. The van der Waals surface area contributed by atoms with E-state index >= 15 is 0 Å². The van der Waals surface area contributed by atoms with E-state index in [1.807, 2.05) is 25.2 Å². The quantitative estimate of drug-likeness (QED) is 0.714. The lowest BCUT2D eigenvalue weighted by Gasteiger charge is -2.18. The van der Waals surface area contributed by atoms with Gasteiger partial charge in [-0.15, -0.1) is 0 Å². The molecule has 0 aliphatic carbocycles. The first kappa shape index (κ1) is 17.4. The summed E-state index contributed by atoms with van der Waals surface area (Å²) >= 11 is 3.45. The Labute approximate surface area is 129 Å². The van der Waals surface area contributed by atoms with Crippen LogP contribution in [0.15, 0.2) is 22.7 Å². The van der Waals surface area contributed by atoms with Crippen LogP contribution >= 0.6 is 15.9 Å². The van der Waals surface area contributed by atoms with Crippen LogP contribution < -0.4 is 9.46 Å². The van der Waals surface area contributed by atoms with E-state index < -0.39 is 10.0 Å². The van der Waals surface area contributed by atoms with Gasteiger partial charge in [-0.05, 0) is 38.2 Å². The summed E-state index contributed by atoms with van der Waals surface area (Å²) in [7, 11) is 0.564. The fraction of sp³-hybridized carbons (Fsp3) is 0.538. The van der Waals surface area contributed by atoms with Crippen molar-refractivity contribution in [2.75, 3.05) is 33.5 Å². The minimum Gasteiger partial charge on any atom is -0.496 e. The standard InChI is InChI=1S/C13H21BrN2O3S/c1-16(8-4-7-15-20(3,17)18)10-11-9-12(14)5-6-13(11)19-2/h5-6,9,15H,4,7-8,10H2,1-3H3. The van der Waals surface area contributed by atoms with Gasteiger partial charge in [-0.1, -0.05) is 15.9 Å². The molecule has 0 fully saturated rings. The fourth-order valence-electron chi connectivity index (χ4n) is 1.85. The van der Waals surface area contributed by atoms with E-state index in [1.54, 1.807) is 7.11 Å². The molecular weight excluding hydrogens is 344 g/mol. The summed E-state index contributed by atoms with van der Waals surface area (Å²) in [6.45, 7) is 2.01. The molecule has 20 heavy (non-hydrogen) atoms. The van der Waals surface area contributed by atoms with Gasteiger partial charge in [0.25, 0.3) is 0 Å². The van der Waals surface area contributed by atoms with Crippen molar-refractivity contribution < 1.29 is 13.2 Å². The maximum Gasteiger partial charge on any atom is 0.208 e. The lowest BCUT2D eigenvalue weighted by atomic mass is 10.2. The fourth-order valence-corrected chi connectivity index (χ4v) is 2.77. The van der Waals surface area contributed by atoms with Crippen molar-refractivity contribution in [3.05, 3.63) is 28.2 Å². The van der Waals surface area contributed by atoms with Crippen LogP contribution in [-0.2, 0) is 16.6 Å². The van der Waals surface area contributed by atoms with E-state index in [0.717, 1.165) is 35.3 Å². The van der Waals surface area contributed by atoms with Gasteiger partial charge in [-0.25, -0.2) is 13.1 Å². The lowest BCUT2D eigenvalue weighted by molar-refractivity contribution is 0.313. The molecular formula is C13H21BrN2O3S. The van der Waals surface area contributed by atoms with Crippen LogP contribution in [0.5, 0.6) is 5.75 Å². The summed E-state index contributed by atoms with van der Waals surface area (Å²) < 4.78 is 30.7. The molecule has 114 valence electrons. The number of nitrogens with zero attached hydrogens (tertiary/aromatic N) is 1. The van der Waals surface area contributed by atoms with Crippen LogP contribution in [0.2, 0.25) is 0 Å². The molecule has 0 saturated carbocycles. The number of sulfonamides is 1. The van der Waals surface area contributed by atoms with Gasteiger partial charge in [0.15, 0.2) is 0 Å². The molecule has 1 N–H and O–H groups in total. The zero-order valence-corrected chi connectivity index (χ0v) is 14.4. The molecule has 5 nitrogen and oxygen atoms in total. The third kappa shape index (κ3) is 6.69. The molecule has 0 radical (unpaired) electrons. The van der Waals surface area contributed by atoms with Crippen molar-refractivity contribution in [1.29, 1.82) is 0 Å². The van der Waals surface area contributed by atoms with Crippen LogP contribution in [0.1, 0.15) is 12.0 Å². The number of hydrogen-bond acceptors (Lipinski definition) is 4. The first-order valence-electron chi connectivity index (χ1n) is 6.27. The molecule has 0 atom stereocenters. The van der Waals surface area contributed by atoms with Gasteiger partial charge >= 0.3 is 0 Å². The number of ether oxygens (including phenoxy) is 1. The molecule has 0 amide bonds. The molecule has 0 aliphatic rings. The minimum atomic E-state index is -3.09. The predicted octanol–water partition coefficient (Wildman–Crippen LogP) is 1.83. The van der Waals surface area contributed by atoms with Crippen molar-refractivity contribution in [2.24, 2.45) is 0 Å². The van der Waals surface area contributed by atoms with E-state index in [1.165, 1.54) is 6.26 Å². The topological polar surface area (TPSA) is 58.6 Å². The van der Waals surface area contributed by atoms with Crippen LogP contribution in [0, 0.1) is 0 Å². The zero-order valence-electron chi connectivity index (χ0n) is 12.0. The summed E-state index contributed by atoms with van der Waals surface area (Å²) in [4.78, 5) is 2.13. The molecule has 7 heteroatoms. The summed E-state index contributed by atoms with van der Waals surface area (Å²) in [5.41, 5.74) is 1.10. The van der Waals surface area contributed by atoms with Gasteiger partial charge in [0, 0.05) is 23.1 Å². The minimum absolute atomic E-state index is 0.457. The number of methoxy groups -OCH3 is 1. The molecule has 0 saturated heterocycles. The number of rotatable bonds is 8. The second kappa shape index (κ2) is 7.97. The second-order valence-corrected chi connectivity index (χ2v) is 7.46. The second-order valence-electron chi connectivity index (χ2n) is 4.71. The largest absolute Gasteiger partial charge is 0.496 e. The first-order chi connectivity index (χ1) is 9.31. The van der Waals surface area contributed by atoms with Crippen molar-refractivity contribution in [1.82, 2.24) is 9.62 Å². The molecule has 0 bridgehead atoms. The predicted molar refractivity (Wildman–Crippen MR) is 84.5 cm³/mol. The summed E-state index contributed by atoms with van der Waals surface area (Å²) in [6.07, 6.45) is 1.93. The number of benzene rings is 1. The SMILES string of the molecule is COc1ccc(Br)cc1CN(C)CCCNS(C)(=O)=O. The summed E-state index contributed by atoms with van der Waals surface area (Å²) in [6, 6.07) is 5.90. The van der Waals surface area contributed by atoms with E-state index in [0.29, 0.717) is 6.54 Å². The van der Waals surface area contributed by atoms with Crippen molar-refractivity contribution in [3.63, 3.8) is 0 Å².